The first-order valence-electron chi connectivity index (χ1n) is 7.92. The van der Waals surface area contributed by atoms with E-state index in [1.807, 2.05) is 4.90 Å². The molecule has 2 heterocycles. The average Bonchev–Trinajstić information content (AvgIpc) is 2.84. The van der Waals surface area contributed by atoms with E-state index >= 15 is 0 Å². The zero-order valence-corrected chi connectivity index (χ0v) is 12.2. The Kier molecular flexibility index (Phi) is 4.71. The molecule has 3 rings (SSSR count). The topological polar surface area (TPSA) is 56.4 Å². The summed E-state index contributed by atoms with van der Waals surface area (Å²) in [6, 6.07) is -0.364. The fourth-order valence-electron chi connectivity index (χ4n) is 3.63. The van der Waals surface area contributed by atoms with Gasteiger partial charge in [0.2, 0.25) is 5.91 Å². The highest BCUT2D eigenvalue weighted by atomic mass is 19.1. The summed E-state index contributed by atoms with van der Waals surface area (Å²) in [6.07, 6.45) is -0.0112. The number of carbonyl (C=O) groups excluding carboxylic acids is 1. The van der Waals surface area contributed by atoms with Crippen LogP contribution < -0.4 is 16.0 Å². The number of hydrogen-bond donors (Lipinski definition) is 3. The molecule has 0 aromatic carbocycles. The van der Waals surface area contributed by atoms with Crippen LogP contribution in [-0.4, -0.2) is 67.6 Å². The number of piperazine rings is 1. The van der Waals surface area contributed by atoms with Gasteiger partial charge in [-0.2, -0.15) is 0 Å². The van der Waals surface area contributed by atoms with E-state index in [0.717, 1.165) is 32.5 Å². The van der Waals surface area contributed by atoms with Gasteiger partial charge in [-0.05, 0) is 19.3 Å². The van der Waals surface area contributed by atoms with Gasteiger partial charge in [-0.3, -0.25) is 15.4 Å². The number of carbonyl (C=O) groups is 1. The van der Waals surface area contributed by atoms with Crippen molar-refractivity contribution >= 4 is 5.91 Å². The second-order valence-electron chi connectivity index (χ2n) is 6.30. The highest BCUT2D eigenvalue weighted by Crippen LogP contribution is 2.28. The molecule has 2 aliphatic heterocycles. The Morgan fingerprint density at radius 3 is 2.90 bits per heavy atom. The Morgan fingerprint density at radius 1 is 1.24 bits per heavy atom. The fraction of sp³-hybridized carbons (Fsp3) is 0.929. The minimum Gasteiger partial charge on any atom is -0.340 e. The van der Waals surface area contributed by atoms with Crippen molar-refractivity contribution in [3.05, 3.63) is 0 Å². The number of halogens is 2. The van der Waals surface area contributed by atoms with E-state index in [2.05, 4.69) is 16.0 Å². The van der Waals surface area contributed by atoms with Gasteiger partial charge in [-0.15, -0.1) is 0 Å². The van der Waals surface area contributed by atoms with Crippen LogP contribution in [0.1, 0.15) is 25.7 Å². The van der Waals surface area contributed by atoms with Crippen LogP contribution in [-0.2, 0) is 4.79 Å². The maximum atomic E-state index is 13.8. The minimum atomic E-state index is -1.11. The van der Waals surface area contributed by atoms with Crippen LogP contribution >= 0.6 is 0 Å². The van der Waals surface area contributed by atoms with Gasteiger partial charge in [0, 0.05) is 32.1 Å². The quantitative estimate of drug-likeness (QED) is 0.680. The van der Waals surface area contributed by atoms with Crippen molar-refractivity contribution in [2.75, 3.05) is 26.2 Å². The van der Waals surface area contributed by atoms with Crippen molar-refractivity contribution in [1.29, 1.82) is 0 Å². The lowest BCUT2D eigenvalue weighted by Gasteiger charge is -2.30. The molecular weight excluding hydrogens is 278 g/mol. The van der Waals surface area contributed by atoms with Gasteiger partial charge < -0.3 is 10.2 Å². The molecule has 0 radical (unpaired) electrons. The first kappa shape index (κ1) is 15.1. The summed E-state index contributed by atoms with van der Waals surface area (Å²) in [5, 5.41) is 9.59. The number of hydrogen-bond acceptors (Lipinski definition) is 4. The normalized spacial score (nSPS) is 40.4. The summed E-state index contributed by atoms with van der Waals surface area (Å²) >= 11 is 0. The van der Waals surface area contributed by atoms with Gasteiger partial charge in [-0.25, -0.2) is 8.78 Å². The summed E-state index contributed by atoms with van der Waals surface area (Å²) < 4.78 is 27.2. The van der Waals surface area contributed by atoms with E-state index in [1.54, 1.807) is 0 Å². The lowest BCUT2D eigenvalue weighted by molar-refractivity contribution is -0.132. The first-order chi connectivity index (χ1) is 10.1. The number of alkyl halides is 2. The van der Waals surface area contributed by atoms with Crippen LogP contribution in [0.4, 0.5) is 8.78 Å². The molecule has 120 valence electrons. The van der Waals surface area contributed by atoms with Crippen molar-refractivity contribution in [3.8, 4) is 0 Å². The molecule has 21 heavy (non-hydrogen) atoms. The largest absolute Gasteiger partial charge is 0.340 e. The Labute approximate surface area is 123 Å². The molecule has 3 fully saturated rings. The molecule has 3 aliphatic rings. The van der Waals surface area contributed by atoms with E-state index in [1.165, 1.54) is 0 Å². The third-order valence-electron chi connectivity index (χ3n) is 4.73. The van der Waals surface area contributed by atoms with E-state index in [-0.39, 0.29) is 30.6 Å². The smallest absolute Gasteiger partial charge is 0.236 e. The maximum absolute atomic E-state index is 13.8. The van der Waals surface area contributed by atoms with Crippen LogP contribution in [0.2, 0.25) is 0 Å². The molecule has 7 heteroatoms. The van der Waals surface area contributed by atoms with Crippen LogP contribution in [0.25, 0.3) is 0 Å². The highest BCUT2D eigenvalue weighted by Gasteiger charge is 2.43. The van der Waals surface area contributed by atoms with Gasteiger partial charge in [0.05, 0.1) is 18.8 Å². The molecular formula is C14H24F2N4O. The van der Waals surface area contributed by atoms with Crippen molar-refractivity contribution in [1.82, 2.24) is 20.9 Å². The standard InChI is InChI=1S/C14H24F2N4O/c15-9-6-10(16)14-11(7-9)18-12(19-14)2-1-4-20-5-3-17-8-13(20)21/h9-12,14,17-19H,1-8H2. The van der Waals surface area contributed by atoms with Crippen LogP contribution in [0.5, 0.6) is 0 Å². The van der Waals surface area contributed by atoms with Crippen LogP contribution in [0, 0.1) is 0 Å². The highest BCUT2D eigenvalue weighted by molar-refractivity contribution is 5.78. The van der Waals surface area contributed by atoms with E-state index in [4.69, 9.17) is 0 Å². The maximum Gasteiger partial charge on any atom is 0.236 e. The summed E-state index contributed by atoms with van der Waals surface area (Å²) in [5.41, 5.74) is 0. The number of nitrogens with one attached hydrogen (secondary N) is 3. The number of nitrogens with zero attached hydrogens (tertiary/aromatic N) is 1. The number of fused-ring (bicyclic) bond motifs is 1. The first-order valence-corrected chi connectivity index (χ1v) is 7.92. The molecule has 5 nitrogen and oxygen atoms in total. The summed E-state index contributed by atoms with van der Waals surface area (Å²) in [7, 11) is 0. The molecule has 0 aromatic heterocycles. The molecule has 5 atom stereocenters. The Morgan fingerprint density at radius 2 is 2.10 bits per heavy atom. The monoisotopic (exact) mass is 302 g/mol. The van der Waals surface area contributed by atoms with Crippen LogP contribution in [0.3, 0.4) is 0 Å². The lowest BCUT2D eigenvalue weighted by Crippen LogP contribution is -2.48. The Balaban J connectivity index is 1.41. The zero-order chi connectivity index (χ0) is 14.8. The van der Waals surface area contributed by atoms with E-state index in [9.17, 15) is 13.6 Å². The molecule has 0 bridgehead atoms. The van der Waals surface area contributed by atoms with Gasteiger partial charge in [0.1, 0.15) is 12.3 Å². The Hall–Kier alpha value is -0.790. The SMILES string of the molecule is O=C1CNCCN1CCCC1NC2CC(F)CC(F)C2N1. The summed E-state index contributed by atoms with van der Waals surface area (Å²) in [6.45, 7) is 2.76. The predicted octanol–water partition coefficient (Wildman–Crippen LogP) is -0.0755. The van der Waals surface area contributed by atoms with Crippen molar-refractivity contribution < 1.29 is 13.6 Å². The van der Waals surface area contributed by atoms with Crippen LogP contribution in [0.15, 0.2) is 0 Å². The molecule has 2 saturated heterocycles. The number of rotatable bonds is 4. The molecule has 1 amide bonds. The van der Waals surface area contributed by atoms with E-state index in [0.29, 0.717) is 13.0 Å². The molecule has 3 N–H and O–H groups in total. The van der Waals surface area contributed by atoms with E-state index < -0.39 is 12.3 Å². The molecule has 1 aliphatic carbocycles. The third kappa shape index (κ3) is 3.52. The molecule has 0 spiro atoms. The fourth-order valence-corrected chi connectivity index (χ4v) is 3.63. The zero-order valence-electron chi connectivity index (χ0n) is 12.2. The molecule has 0 aromatic rings. The summed E-state index contributed by atoms with van der Waals surface area (Å²) in [5.74, 6) is 0.145. The van der Waals surface area contributed by atoms with Crippen molar-refractivity contribution in [3.63, 3.8) is 0 Å². The molecule has 1 saturated carbocycles. The van der Waals surface area contributed by atoms with Gasteiger partial charge in [-0.1, -0.05) is 0 Å². The second-order valence-corrected chi connectivity index (χ2v) is 6.30. The minimum absolute atomic E-state index is 0.0118. The lowest BCUT2D eigenvalue weighted by atomic mass is 9.89. The van der Waals surface area contributed by atoms with Gasteiger partial charge in [0.25, 0.3) is 0 Å². The van der Waals surface area contributed by atoms with Crippen molar-refractivity contribution in [2.24, 2.45) is 0 Å². The third-order valence-corrected chi connectivity index (χ3v) is 4.73. The average molecular weight is 302 g/mol. The second kappa shape index (κ2) is 6.54. The van der Waals surface area contributed by atoms with Gasteiger partial charge in [0.15, 0.2) is 0 Å². The Bertz CT molecular complexity index is 384. The number of amides is 1. The van der Waals surface area contributed by atoms with Crippen molar-refractivity contribution in [2.45, 2.75) is 56.3 Å². The molecule has 5 unspecified atom stereocenters. The summed E-state index contributed by atoms with van der Waals surface area (Å²) in [4.78, 5) is 13.5. The predicted molar refractivity (Wildman–Crippen MR) is 75.3 cm³/mol. The van der Waals surface area contributed by atoms with Gasteiger partial charge >= 0.3 is 0 Å².